The van der Waals surface area contributed by atoms with Gasteiger partial charge in [-0.2, -0.15) is 0 Å². The SMILES string of the molecule is COC(=O)C1CN(C(=O)[C@H]2CCCO2)CCO1. The van der Waals surface area contributed by atoms with E-state index in [-0.39, 0.29) is 18.6 Å². The third-order valence-electron chi connectivity index (χ3n) is 3.05. The summed E-state index contributed by atoms with van der Waals surface area (Å²) in [5.41, 5.74) is 0. The monoisotopic (exact) mass is 243 g/mol. The maximum Gasteiger partial charge on any atom is 0.336 e. The van der Waals surface area contributed by atoms with Gasteiger partial charge in [-0.25, -0.2) is 4.79 Å². The summed E-state index contributed by atoms with van der Waals surface area (Å²) in [5, 5.41) is 0. The molecule has 17 heavy (non-hydrogen) atoms. The van der Waals surface area contributed by atoms with Crippen LogP contribution in [0, 0.1) is 0 Å². The molecular weight excluding hydrogens is 226 g/mol. The Bertz CT molecular complexity index is 300. The highest BCUT2D eigenvalue weighted by Crippen LogP contribution is 2.17. The average Bonchev–Trinajstić information content (AvgIpc) is 2.91. The van der Waals surface area contributed by atoms with Gasteiger partial charge in [-0.1, -0.05) is 0 Å². The quantitative estimate of drug-likeness (QED) is 0.615. The van der Waals surface area contributed by atoms with E-state index in [0.29, 0.717) is 19.8 Å². The van der Waals surface area contributed by atoms with Crippen LogP contribution < -0.4 is 0 Å². The lowest BCUT2D eigenvalue weighted by atomic mass is 10.2. The minimum atomic E-state index is -0.667. The first-order valence-corrected chi connectivity index (χ1v) is 5.82. The molecule has 0 saturated carbocycles. The Hall–Kier alpha value is -1.14. The predicted molar refractivity (Wildman–Crippen MR) is 57.3 cm³/mol. The second kappa shape index (κ2) is 5.46. The number of hydrogen-bond donors (Lipinski definition) is 0. The predicted octanol–water partition coefficient (Wildman–Crippen LogP) is -0.434. The molecule has 2 aliphatic rings. The van der Waals surface area contributed by atoms with Gasteiger partial charge in [-0.15, -0.1) is 0 Å². The van der Waals surface area contributed by atoms with Gasteiger partial charge in [-0.05, 0) is 12.8 Å². The van der Waals surface area contributed by atoms with Gasteiger partial charge in [0.05, 0.1) is 20.3 Å². The lowest BCUT2D eigenvalue weighted by Crippen LogP contribution is -2.51. The van der Waals surface area contributed by atoms with Crippen molar-refractivity contribution in [3.63, 3.8) is 0 Å². The van der Waals surface area contributed by atoms with Gasteiger partial charge in [0.1, 0.15) is 6.10 Å². The Kier molecular flexibility index (Phi) is 3.96. The molecule has 0 aromatic heterocycles. The summed E-state index contributed by atoms with van der Waals surface area (Å²) < 4.78 is 15.2. The highest BCUT2D eigenvalue weighted by molar-refractivity contribution is 5.82. The first-order valence-electron chi connectivity index (χ1n) is 5.82. The fourth-order valence-corrected chi connectivity index (χ4v) is 2.10. The molecule has 2 heterocycles. The van der Waals surface area contributed by atoms with Crippen molar-refractivity contribution in [1.29, 1.82) is 0 Å². The van der Waals surface area contributed by atoms with E-state index in [1.807, 2.05) is 0 Å². The van der Waals surface area contributed by atoms with E-state index in [1.54, 1.807) is 4.90 Å². The molecule has 1 unspecified atom stereocenters. The number of ether oxygens (including phenoxy) is 3. The molecule has 0 bridgehead atoms. The second-order valence-corrected chi connectivity index (χ2v) is 4.17. The summed E-state index contributed by atoms with van der Waals surface area (Å²) in [7, 11) is 1.31. The van der Waals surface area contributed by atoms with Crippen molar-refractivity contribution in [2.45, 2.75) is 25.0 Å². The second-order valence-electron chi connectivity index (χ2n) is 4.17. The van der Waals surface area contributed by atoms with Crippen molar-refractivity contribution in [2.75, 3.05) is 33.4 Å². The lowest BCUT2D eigenvalue weighted by Gasteiger charge is -2.32. The number of rotatable bonds is 2. The molecule has 6 nitrogen and oxygen atoms in total. The van der Waals surface area contributed by atoms with Crippen molar-refractivity contribution in [3.8, 4) is 0 Å². The topological polar surface area (TPSA) is 65.1 Å². The van der Waals surface area contributed by atoms with E-state index in [4.69, 9.17) is 9.47 Å². The smallest absolute Gasteiger partial charge is 0.336 e. The average molecular weight is 243 g/mol. The molecule has 2 aliphatic heterocycles. The van der Waals surface area contributed by atoms with Crippen molar-refractivity contribution >= 4 is 11.9 Å². The van der Waals surface area contributed by atoms with Crippen LogP contribution in [-0.4, -0.2) is 62.4 Å². The lowest BCUT2D eigenvalue weighted by molar-refractivity contribution is -0.164. The van der Waals surface area contributed by atoms with Crippen molar-refractivity contribution < 1.29 is 23.8 Å². The van der Waals surface area contributed by atoms with E-state index < -0.39 is 12.1 Å². The molecule has 0 aromatic carbocycles. The van der Waals surface area contributed by atoms with E-state index in [1.165, 1.54) is 7.11 Å². The Labute approximate surface area is 99.8 Å². The third kappa shape index (κ3) is 2.76. The Morgan fingerprint density at radius 1 is 1.24 bits per heavy atom. The molecule has 2 rings (SSSR count). The van der Waals surface area contributed by atoms with Crippen LogP contribution in [-0.2, 0) is 23.8 Å². The van der Waals surface area contributed by atoms with Crippen LogP contribution in [0.3, 0.4) is 0 Å². The van der Waals surface area contributed by atoms with Gasteiger partial charge >= 0.3 is 5.97 Å². The van der Waals surface area contributed by atoms with E-state index in [0.717, 1.165) is 12.8 Å². The van der Waals surface area contributed by atoms with Gasteiger partial charge in [0.15, 0.2) is 6.10 Å². The minimum Gasteiger partial charge on any atom is -0.467 e. The molecule has 96 valence electrons. The zero-order valence-electron chi connectivity index (χ0n) is 9.89. The summed E-state index contributed by atoms with van der Waals surface area (Å²) in [6.07, 6.45) is 0.672. The van der Waals surface area contributed by atoms with Gasteiger partial charge in [0, 0.05) is 13.2 Å². The van der Waals surface area contributed by atoms with Crippen LogP contribution in [0.5, 0.6) is 0 Å². The first kappa shape index (κ1) is 12.3. The third-order valence-corrected chi connectivity index (χ3v) is 3.05. The Morgan fingerprint density at radius 3 is 2.65 bits per heavy atom. The molecule has 2 atom stereocenters. The number of carbonyl (C=O) groups excluding carboxylic acids is 2. The number of methoxy groups -OCH3 is 1. The fourth-order valence-electron chi connectivity index (χ4n) is 2.10. The van der Waals surface area contributed by atoms with Crippen LogP contribution in [0.2, 0.25) is 0 Å². The zero-order valence-corrected chi connectivity index (χ0v) is 9.89. The minimum absolute atomic E-state index is 0.0419. The van der Waals surface area contributed by atoms with Crippen molar-refractivity contribution in [2.24, 2.45) is 0 Å². The normalized spacial score (nSPS) is 29.1. The van der Waals surface area contributed by atoms with E-state index in [2.05, 4.69) is 4.74 Å². The molecule has 0 N–H and O–H groups in total. The van der Waals surface area contributed by atoms with Crippen LogP contribution >= 0.6 is 0 Å². The van der Waals surface area contributed by atoms with E-state index in [9.17, 15) is 9.59 Å². The number of morpholine rings is 1. The zero-order chi connectivity index (χ0) is 12.3. The highest BCUT2D eigenvalue weighted by atomic mass is 16.6. The van der Waals surface area contributed by atoms with Gasteiger partial charge in [0.25, 0.3) is 5.91 Å². The highest BCUT2D eigenvalue weighted by Gasteiger charge is 2.34. The Balaban J connectivity index is 1.92. The number of carbonyl (C=O) groups is 2. The molecule has 0 aliphatic carbocycles. The molecule has 2 fully saturated rings. The Morgan fingerprint density at radius 2 is 2.00 bits per heavy atom. The summed E-state index contributed by atoms with van der Waals surface area (Å²) in [5.74, 6) is -0.477. The van der Waals surface area contributed by atoms with Crippen LogP contribution in [0.1, 0.15) is 12.8 Å². The van der Waals surface area contributed by atoms with Gasteiger partial charge in [0.2, 0.25) is 0 Å². The molecule has 6 heteroatoms. The molecule has 0 spiro atoms. The summed E-state index contributed by atoms with van der Waals surface area (Å²) >= 11 is 0. The maximum atomic E-state index is 12.1. The largest absolute Gasteiger partial charge is 0.467 e. The fraction of sp³-hybridized carbons (Fsp3) is 0.818. The molecule has 1 amide bonds. The first-order chi connectivity index (χ1) is 8.22. The number of esters is 1. The molecular formula is C11H17NO5. The van der Waals surface area contributed by atoms with Crippen LogP contribution in [0.15, 0.2) is 0 Å². The van der Waals surface area contributed by atoms with Crippen LogP contribution in [0.4, 0.5) is 0 Å². The van der Waals surface area contributed by atoms with Gasteiger partial charge < -0.3 is 19.1 Å². The molecule has 0 aromatic rings. The summed E-state index contributed by atoms with van der Waals surface area (Å²) in [4.78, 5) is 25.0. The molecule has 2 saturated heterocycles. The van der Waals surface area contributed by atoms with E-state index >= 15 is 0 Å². The number of amides is 1. The summed E-state index contributed by atoms with van der Waals surface area (Å²) in [6, 6.07) is 0. The van der Waals surface area contributed by atoms with Gasteiger partial charge in [-0.3, -0.25) is 4.79 Å². The van der Waals surface area contributed by atoms with Crippen molar-refractivity contribution in [3.05, 3.63) is 0 Å². The molecule has 0 radical (unpaired) electrons. The summed E-state index contributed by atoms with van der Waals surface area (Å²) in [6.45, 7) is 1.76. The standard InChI is InChI=1S/C11H17NO5/c1-15-11(14)9-7-12(4-6-17-9)10(13)8-3-2-5-16-8/h8-9H,2-7H2,1H3/t8-,9?/m1/s1. The van der Waals surface area contributed by atoms with Crippen LogP contribution in [0.25, 0.3) is 0 Å². The maximum absolute atomic E-state index is 12.1. The van der Waals surface area contributed by atoms with Crippen molar-refractivity contribution in [1.82, 2.24) is 4.90 Å². The number of nitrogens with zero attached hydrogens (tertiary/aromatic N) is 1. The number of hydrogen-bond acceptors (Lipinski definition) is 5.